The molecule has 0 aromatic heterocycles. The lowest BCUT2D eigenvalue weighted by molar-refractivity contribution is 0.1000. The SMILES string of the molecule is Cc1cc(C(N)=O)ccc1CNC(C1CC1)C1CC1. The highest BCUT2D eigenvalue weighted by atomic mass is 16.1. The molecule has 2 aliphatic rings. The van der Waals surface area contributed by atoms with Crippen molar-refractivity contribution in [2.45, 2.75) is 45.2 Å². The summed E-state index contributed by atoms with van der Waals surface area (Å²) in [6.45, 7) is 2.95. The van der Waals surface area contributed by atoms with Gasteiger partial charge in [-0.15, -0.1) is 0 Å². The van der Waals surface area contributed by atoms with Crippen LogP contribution in [-0.4, -0.2) is 11.9 Å². The Balaban J connectivity index is 1.64. The van der Waals surface area contributed by atoms with Crippen LogP contribution in [0.15, 0.2) is 18.2 Å². The number of hydrogen-bond acceptors (Lipinski definition) is 2. The van der Waals surface area contributed by atoms with Crippen LogP contribution in [0.3, 0.4) is 0 Å². The number of nitrogens with two attached hydrogens (primary N) is 1. The fourth-order valence-electron chi connectivity index (χ4n) is 2.90. The minimum atomic E-state index is -0.351. The van der Waals surface area contributed by atoms with Crippen LogP contribution in [0.25, 0.3) is 0 Å². The predicted molar refractivity (Wildman–Crippen MR) is 75.8 cm³/mol. The van der Waals surface area contributed by atoms with Crippen LogP contribution in [0.2, 0.25) is 0 Å². The molecule has 0 atom stereocenters. The third-order valence-electron chi connectivity index (χ3n) is 4.42. The summed E-state index contributed by atoms with van der Waals surface area (Å²) < 4.78 is 0. The lowest BCUT2D eigenvalue weighted by Crippen LogP contribution is -2.32. The van der Waals surface area contributed by atoms with Crippen molar-refractivity contribution in [3.05, 3.63) is 34.9 Å². The summed E-state index contributed by atoms with van der Waals surface area (Å²) in [6, 6.07) is 6.47. The molecule has 0 radical (unpaired) electrons. The normalized spacial score (nSPS) is 18.8. The molecule has 3 N–H and O–H groups in total. The molecule has 2 saturated carbocycles. The van der Waals surface area contributed by atoms with Crippen molar-refractivity contribution < 1.29 is 4.79 Å². The van der Waals surface area contributed by atoms with E-state index in [-0.39, 0.29) is 5.91 Å². The number of aryl methyl sites for hydroxylation is 1. The molecule has 0 heterocycles. The topological polar surface area (TPSA) is 55.1 Å². The standard InChI is InChI=1S/C16H22N2O/c1-10-8-13(16(17)19)6-7-14(10)9-18-15(11-2-3-11)12-4-5-12/h6-8,11-12,15,18H,2-5,9H2,1H3,(H2,17,19). The van der Waals surface area contributed by atoms with Crippen molar-refractivity contribution in [2.75, 3.05) is 0 Å². The predicted octanol–water partition coefficient (Wildman–Crippen LogP) is 2.37. The van der Waals surface area contributed by atoms with E-state index in [1.807, 2.05) is 25.1 Å². The summed E-state index contributed by atoms with van der Waals surface area (Å²) in [5.41, 5.74) is 8.32. The number of hydrogen-bond donors (Lipinski definition) is 2. The van der Waals surface area contributed by atoms with Crippen molar-refractivity contribution >= 4 is 5.91 Å². The molecule has 0 aliphatic heterocycles. The van der Waals surface area contributed by atoms with Crippen LogP contribution >= 0.6 is 0 Å². The van der Waals surface area contributed by atoms with Crippen LogP contribution in [0.5, 0.6) is 0 Å². The molecule has 3 heteroatoms. The van der Waals surface area contributed by atoms with Crippen molar-refractivity contribution in [1.82, 2.24) is 5.32 Å². The van der Waals surface area contributed by atoms with E-state index in [1.54, 1.807) is 0 Å². The summed E-state index contributed by atoms with van der Waals surface area (Å²) in [7, 11) is 0. The van der Waals surface area contributed by atoms with Crippen molar-refractivity contribution in [1.29, 1.82) is 0 Å². The van der Waals surface area contributed by atoms with Crippen LogP contribution in [0.1, 0.15) is 47.2 Å². The van der Waals surface area contributed by atoms with Crippen LogP contribution < -0.4 is 11.1 Å². The maximum absolute atomic E-state index is 11.1. The van der Waals surface area contributed by atoms with E-state index in [1.165, 1.54) is 31.2 Å². The Morgan fingerprint density at radius 2 is 1.95 bits per heavy atom. The first kappa shape index (κ1) is 12.7. The number of benzene rings is 1. The van der Waals surface area contributed by atoms with Gasteiger partial charge in [-0.25, -0.2) is 0 Å². The average Bonchev–Trinajstić information content (AvgIpc) is 3.25. The van der Waals surface area contributed by atoms with Gasteiger partial charge in [-0.05, 0) is 67.7 Å². The number of amides is 1. The van der Waals surface area contributed by atoms with E-state index >= 15 is 0 Å². The first-order valence-electron chi connectivity index (χ1n) is 7.28. The highest BCUT2D eigenvalue weighted by Gasteiger charge is 2.40. The monoisotopic (exact) mass is 258 g/mol. The molecule has 3 rings (SSSR count). The molecule has 0 bridgehead atoms. The Kier molecular flexibility index (Phi) is 3.31. The number of primary amides is 1. The maximum atomic E-state index is 11.1. The third-order valence-corrected chi connectivity index (χ3v) is 4.42. The zero-order valence-electron chi connectivity index (χ0n) is 11.5. The molecule has 3 nitrogen and oxygen atoms in total. The average molecular weight is 258 g/mol. The highest BCUT2D eigenvalue weighted by molar-refractivity contribution is 5.93. The van der Waals surface area contributed by atoms with Gasteiger partial charge in [0.1, 0.15) is 0 Å². The van der Waals surface area contributed by atoms with Crippen molar-refractivity contribution in [2.24, 2.45) is 17.6 Å². The minimum absolute atomic E-state index is 0.351. The highest BCUT2D eigenvalue weighted by Crippen LogP contribution is 2.44. The first-order chi connectivity index (χ1) is 9.15. The van der Waals surface area contributed by atoms with Gasteiger partial charge in [0.25, 0.3) is 0 Å². The Morgan fingerprint density at radius 3 is 2.42 bits per heavy atom. The maximum Gasteiger partial charge on any atom is 0.248 e. The Labute approximate surface area is 114 Å². The molecule has 2 fully saturated rings. The van der Waals surface area contributed by atoms with Gasteiger partial charge in [0, 0.05) is 18.2 Å². The summed E-state index contributed by atoms with van der Waals surface area (Å²) in [4.78, 5) is 11.1. The van der Waals surface area contributed by atoms with Gasteiger partial charge in [-0.1, -0.05) is 6.07 Å². The second-order valence-electron chi connectivity index (χ2n) is 6.09. The first-order valence-corrected chi connectivity index (χ1v) is 7.28. The molecule has 0 saturated heterocycles. The van der Waals surface area contributed by atoms with Gasteiger partial charge in [0.05, 0.1) is 0 Å². The zero-order valence-corrected chi connectivity index (χ0v) is 11.5. The van der Waals surface area contributed by atoms with E-state index in [9.17, 15) is 4.79 Å². The van der Waals surface area contributed by atoms with E-state index in [4.69, 9.17) is 5.73 Å². The third kappa shape index (κ3) is 2.98. The minimum Gasteiger partial charge on any atom is -0.366 e. The lowest BCUT2D eigenvalue weighted by atomic mass is 10.0. The molecule has 1 aromatic carbocycles. The molecule has 2 aliphatic carbocycles. The molecule has 102 valence electrons. The van der Waals surface area contributed by atoms with Crippen LogP contribution in [0.4, 0.5) is 0 Å². The fourth-order valence-corrected chi connectivity index (χ4v) is 2.90. The van der Waals surface area contributed by atoms with E-state index in [0.29, 0.717) is 5.56 Å². The number of nitrogens with one attached hydrogen (secondary N) is 1. The molecular formula is C16H22N2O. The summed E-state index contributed by atoms with van der Waals surface area (Å²) in [5, 5.41) is 3.73. The lowest BCUT2D eigenvalue weighted by Gasteiger charge is -2.18. The molecule has 1 aromatic rings. The molecular weight excluding hydrogens is 236 g/mol. The molecule has 0 spiro atoms. The number of carbonyl (C=O) groups excluding carboxylic acids is 1. The van der Waals surface area contributed by atoms with Gasteiger partial charge in [-0.2, -0.15) is 0 Å². The zero-order chi connectivity index (χ0) is 13.4. The Bertz CT molecular complexity index is 478. The van der Waals surface area contributed by atoms with E-state index in [2.05, 4.69) is 5.32 Å². The number of rotatable bonds is 6. The molecule has 0 unspecified atom stereocenters. The summed E-state index contributed by atoms with van der Waals surface area (Å²) in [5.74, 6) is 1.48. The Morgan fingerprint density at radius 1 is 1.32 bits per heavy atom. The summed E-state index contributed by atoms with van der Waals surface area (Å²) in [6.07, 6.45) is 5.59. The smallest absolute Gasteiger partial charge is 0.248 e. The van der Waals surface area contributed by atoms with E-state index < -0.39 is 0 Å². The van der Waals surface area contributed by atoms with Crippen molar-refractivity contribution in [3.8, 4) is 0 Å². The Hall–Kier alpha value is -1.35. The van der Waals surface area contributed by atoms with E-state index in [0.717, 1.165) is 30.0 Å². The summed E-state index contributed by atoms with van der Waals surface area (Å²) >= 11 is 0. The van der Waals surface area contributed by atoms with Crippen LogP contribution in [0, 0.1) is 18.8 Å². The number of carbonyl (C=O) groups is 1. The second-order valence-corrected chi connectivity index (χ2v) is 6.09. The second kappa shape index (κ2) is 4.97. The fraction of sp³-hybridized carbons (Fsp3) is 0.562. The largest absolute Gasteiger partial charge is 0.366 e. The van der Waals surface area contributed by atoms with Gasteiger partial charge >= 0.3 is 0 Å². The quantitative estimate of drug-likeness (QED) is 0.823. The molecule has 1 amide bonds. The van der Waals surface area contributed by atoms with Crippen molar-refractivity contribution in [3.63, 3.8) is 0 Å². The van der Waals surface area contributed by atoms with Gasteiger partial charge in [-0.3, -0.25) is 4.79 Å². The van der Waals surface area contributed by atoms with Gasteiger partial charge in [0.15, 0.2) is 0 Å². The molecule has 19 heavy (non-hydrogen) atoms. The van der Waals surface area contributed by atoms with Crippen LogP contribution in [-0.2, 0) is 6.54 Å². The van der Waals surface area contributed by atoms with Gasteiger partial charge in [0.2, 0.25) is 5.91 Å². The van der Waals surface area contributed by atoms with Gasteiger partial charge < -0.3 is 11.1 Å².